The van der Waals surface area contributed by atoms with Crippen molar-refractivity contribution in [3.63, 3.8) is 0 Å². The first kappa shape index (κ1) is 16.8. The summed E-state index contributed by atoms with van der Waals surface area (Å²) < 4.78 is 1.83. The summed E-state index contributed by atoms with van der Waals surface area (Å²) >= 11 is 2.92. The predicted octanol–water partition coefficient (Wildman–Crippen LogP) is 4.15. The molecule has 9 heteroatoms. The second kappa shape index (κ2) is 6.58. The largest absolute Gasteiger partial charge is 0.296 e. The van der Waals surface area contributed by atoms with Gasteiger partial charge in [-0.15, -0.1) is 21.5 Å². The highest BCUT2D eigenvalue weighted by Crippen LogP contribution is 2.31. The molecule has 4 aromatic heterocycles. The molecule has 0 aliphatic carbocycles. The van der Waals surface area contributed by atoms with E-state index in [1.54, 1.807) is 23.0 Å². The van der Waals surface area contributed by atoms with Crippen molar-refractivity contribution in [2.75, 3.05) is 5.32 Å². The average molecular weight is 384 g/mol. The smallest absolute Gasteiger partial charge is 0.258 e. The number of thiophene rings is 1. The van der Waals surface area contributed by atoms with Crippen LogP contribution in [0.5, 0.6) is 0 Å². The van der Waals surface area contributed by atoms with Gasteiger partial charge in [0.1, 0.15) is 5.51 Å². The molecular weight excluding hydrogens is 368 g/mol. The first-order chi connectivity index (χ1) is 12.5. The van der Waals surface area contributed by atoms with Crippen molar-refractivity contribution < 1.29 is 4.79 Å². The van der Waals surface area contributed by atoms with E-state index in [2.05, 4.69) is 20.6 Å². The maximum atomic E-state index is 12.9. The van der Waals surface area contributed by atoms with Crippen LogP contribution < -0.4 is 5.32 Å². The number of nitrogens with one attached hydrogen (secondary N) is 1. The van der Waals surface area contributed by atoms with Crippen LogP contribution in [0.1, 0.15) is 35.1 Å². The first-order valence-electron chi connectivity index (χ1n) is 8.05. The van der Waals surface area contributed by atoms with Gasteiger partial charge in [-0.25, -0.2) is 9.67 Å². The number of aromatic nitrogens is 5. The Morgan fingerprint density at radius 2 is 2.15 bits per heavy atom. The lowest BCUT2D eigenvalue weighted by molar-refractivity contribution is 0.102. The Morgan fingerprint density at radius 3 is 2.81 bits per heavy atom. The molecule has 7 nitrogen and oxygen atoms in total. The third-order valence-corrected chi connectivity index (χ3v) is 5.50. The number of hydrogen-bond donors (Lipinski definition) is 1. The molecular formula is C17H16N6OS2. The first-order valence-corrected chi connectivity index (χ1v) is 9.75. The van der Waals surface area contributed by atoms with Gasteiger partial charge in [0, 0.05) is 10.9 Å². The van der Waals surface area contributed by atoms with Gasteiger partial charge in [-0.1, -0.05) is 11.3 Å². The average Bonchev–Trinajstić information content (AvgIpc) is 3.33. The maximum Gasteiger partial charge on any atom is 0.258 e. The van der Waals surface area contributed by atoms with Gasteiger partial charge in [-0.05, 0) is 39.0 Å². The number of nitrogens with zero attached hydrogens (tertiary/aromatic N) is 5. The minimum atomic E-state index is -0.244. The zero-order valence-corrected chi connectivity index (χ0v) is 16.1. The minimum Gasteiger partial charge on any atom is -0.296 e. The molecule has 0 saturated heterocycles. The molecule has 26 heavy (non-hydrogen) atoms. The van der Waals surface area contributed by atoms with E-state index >= 15 is 0 Å². The highest BCUT2D eigenvalue weighted by atomic mass is 32.1. The summed E-state index contributed by atoms with van der Waals surface area (Å²) in [6.45, 7) is 6.13. The molecule has 0 aromatic carbocycles. The fraction of sp³-hybridized carbons (Fsp3) is 0.235. The summed E-state index contributed by atoms with van der Waals surface area (Å²) in [6.07, 6.45) is 1.70. The van der Waals surface area contributed by atoms with Crippen LogP contribution in [-0.4, -0.2) is 30.9 Å². The summed E-state index contributed by atoms with van der Waals surface area (Å²) in [7, 11) is 0. The van der Waals surface area contributed by atoms with Crippen molar-refractivity contribution in [3.8, 4) is 10.6 Å². The third kappa shape index (κ3) is 2.99. The highest BCUT2D eigenvalue weighted by molar-refractivity contribution is 7.15. The van der Waals surface area contributed by atoms with E-state index in [4.69, 9.17) is 4.98 Å². The number of fused-ring (bicyclic) bond motifs is 1. The molecule has 4 rings (SSSR count). The van der Waals surface area contributed by atoms with Crippen LogP contribution in [0.15, 0.2) is 29.9 Å². The number of rotatable bonds is 4. The van der Waals surface area contributed by atoms with Gasteiger partial charge < -0.3 is 0 Å². The maximum absolute atomic E-state index is 12.9. The molecule has 0 fully saturated rings. The van der Waals surface area contributed by atoms with Crippen LogP contribution in [0.25, 0.3) is 21.6 Å². The van der Waals surface area contributed by atoms with Gasteiger partial charge in [0.2, 0.25) is 5.13 Å². The molecule has 0 atom stereocenters. The molecule has 0 bridgehead atoms. The molecule has 0 unspecified atom stereocenters. The van der Waals surface area contributed by atoms with Crippen molar-refractivity contribution in [2.24, 2.45) is 0 Å². The van der Waals surface area contributed by atoms with E-state index in [1.165, 1.54) is 16.2 Å². The standard InChI is InChI=1S/C17H16N6OS2/c1-9(2)23-15-12(7-19-23)11(16(24)21-17-22-18-8-25-17)6-13(20-15)14-5-4-10(3)26-14/h4-9H,1-3H3,(H,21,22,24). The number of carbonyl (C=O) groups is 1. The number of anilines is 1. The molecule has 0 saturated carbocycles. The normalized spacial score (nSPS) is 11.4. The Kier molecular flexibility index (Phi) is 4.25. The Bertz CT molecular complexity index is 1080. The van der Waals surface area contributed by atoms with Crippen molar-refractivity contribution in [1.82, 2.24) is 25.0 Å². The molecule has 1 N–H and O–H groups in total. The Hall–Kier alpha value is -2.65. The molecule has 0 aliphatic rings. The minimum absolute atomic E-state index is 0.138. The van der Waals surface area contributed by atoms with Gasteiger partial charge in [0.05, 0.1) is 27.7 Å². The molecule has 0 spiro atoms. The summed E-state index contributed by atoms with van der Waals surface area (Å²) in [5, 5.41) is 16.0. The van der Waals surface area contributed by atoms with Crippen molar-refractivity contribution >= 4 is 44.7 Å². The van der Waals surface area contributed by atoms with Gasteiger partial charge >= 0.3 is 0 Å². The molecule has 132 valence electrons. The van der Waals surface area contributed by atoms with Crippen LogP contribution in [-0.2, 0) is 0 Å². The van der Waals surface area contributed by atoms with Crippen molar-refractivity contribution in [1.29, 1.82) is 0 Å². The van der Waals surface area contributed by atoms with Crippen LogP contribution in [0.3, 0.4) is 0 Å². The van der Waals surface area contributed by atoms with Crippen LogP contribution in [0.4, 0.5) is 5.13 Å². The lowest BCUT2D eigenvalue weighted by atomic mass is 10.1. The van der Waals surface area contributed by atoms with E-state index in [9.17, 15) is 4.79 Å². The Morgan fingerprint density at radius 1 is 1.31 bits per heavy atom. The van der Waals surface area contributed by atoms with E-state index < -0.39 is 0 Å². The van der Waals surface area contributed by atoms with Gasteiger partial charge in [-0.2, -0.15) is 5.10 Å². The van der Waals surface area contributed by atoms with E-state index in [-0.39, 0.29) is 11.9 Å². The van der Waals surface area contributed by atoms with Gasteiger partial charge in [0.15, 0.2) is 5.65 Å². The number of amides is 1. The topological polar surface area (TPSA) is 85.6 Å². The van der Waals surface area contributed by atoms with Crippen LogP contribution in [0, 0.1) is 6.92 Å². The molecule has 1 amide bonds. The molecule has 4 aromatic rings. The summed E-state index contributed by atoms with van der Waals surface area (Å²) in [5.74, 6) is -0.244. The highest BCUT2D eigenvalue weighted by Gasteiger charge is 2.19. The molecule has 0 radical (unpaired) electrons. The third-order valence-electron chi connectivity index (χ3n) is 3.87. The zero-order chi connectivity index (χ0) is 18.3. The number of pyridine rings is 1. The second-order valence-corrected chi connectivity index (χ2v) is 8.20. The molecule has 0 aliphatic heterocycles. The number of hydrogen-bond acceptors (Lipinski definition) is 7. The monoisotopic (exact) mass is 384 g/mol. The van der Waals surface area contributed by atoms with E-state index in [0.717, 1.165) is 16.0 Å². The quantitative estimate of drug-likeness (QED) is 0.571. The zero-order valence-electron chi connectivity index (χ0n) is 14.4. The lowest BCUT2D eigenvalue weighted by Crippen LogP contribution is -2.13. The van der Waals surface area contributed by atoms with E-state index in [1.807, 2.05) is 43.7 Å². The summed E-state index contributed by atoms with van der Waals surface area (Å²) in [4.78, 5) is 19.9. The van der Waals surface area contributed by atoms with Crippen LogP contribution in [0.2, 0.25) is 0 Å². The van der Waals surface area contributed by atoms with Gasteiger partial charge in [-0.3, -0.25) is 10.1 Å². The fourth-order valence-corrected chi connectivity index (χ4v) is 3.94. The Balaban J connectivity index is 1.88. The molecule has 4 heterocycles. The lowest BCUT2D eigenvalue weighted by Gasteiger charge is -2.09. The number of aryl methyl sites for hydroxylation is 1. The summed E-state index contributed by atoms with van der Waals surface area (Å²) in [6, 6.07) is 6.03. The van der Waals surface area contributed by atoms with Crippen molar-refractivity contribution in [2.45, 2.75) is 26.8 Å². The summed E-state index contributed by atoms with van der Waals surface area (Å²) in [5.41, 5.74) is 3.57. The van der Waals surface area contributed by atoms with Crippen molar-refractivity contribution in [3.05, 3.63) is 40.3 Å². The van der Waals surface area contributed by atoms with E-state index in [0.29, 0.717) is 16.3 Å². The predicted molar refractivity (Wildman–Crippen MR) is 104 cm³/mol. The second-order valence-electron chi connectivity index (χ2n) is 6.08. The van der Waals surface area contributed by atoms with Gasteiger partial charge in [0.25, 0.3) is 5.91 Å². The van der Waals surface area contributed by atoms with Crippen LogP contribution >= 0.6 is 22.7 Å². The number of carbonyl (C=O) groups excluding carboxylic acids is 1. The fourth-order valence-electron chi connectivity index (χ4n) is 2.67. The Labute approximate surface area is 157 Å². The SMILES string of the molecule is Cc1ccc(-c2cc(C(=O)Nc3nncs3)c3cnn(C(C)C)c3n2)s1.